The number of fused-ring (bicyclic) bond motifs is 3. The molecule has 1 saturated heterocycles. The molecule has 5 nitrogen and oxygen atoms in total. The number of hydrogen-bond donors (Lipinski definition) is 1. The number of carbonyl (C=O) groups excluding carboxylic acids is 1. The standard InChI is InChI=1S/C21H21N3O2S2/c25-20(23-21-22-16(13-27-21)12-24-7-9-26-10-8-24)18-11-15-6-5-14-3-1-2-4-17(14)19(15)28-18/h1-4,11,13H,5-10,12H2,(H,22,23,25). The zero-order valence-electron chi connectivity index (χ0n) is 15.4. The smallest absolute Gasteiger partial charge is 0.267 e. The number of anilines is 1. The zero-order valence-corrected chi connectivity index (χ0v) is 17.1. The van der Waals surface area contributed by atoms with E-state index in [0.29, 0.717) is 5.13 Å². The van der Waals surface area contributed by atoms with Gasteiger partial charge in [0.15, 0.2) is 5.13 Å². The Morgan fingerprint density at radius 3 is 2.89 bits per heavy atom. The molecule has 0 spiro atoms. The highest BCUT2D eigenvalue weighted by Crippen LogP contribution is 2.39. The molecule has 1 aliphatic heterocycles. The van der Waals surface area contributed by atoms with E-state index in [4.69, 9.17) is 4.74 Å². The van der Waals surface area contributed by atoms with E-state index in [0.717, 1.165) is 56.3 Å². The van der Waals surface area contributed by atoms with Crippen LogP contribution in [-0.4, -0.2) is 42.1 Å². The molecule has 0 unspecified atom stereocenters. The number of carbonyl (C=O) groups is 1. The highest BCUT2D eigenvalue weighted by Gasteiger charge is 2.22. The van der Waals surface area contributed by atoms with Gasteiger partial charge in [0.1, 0.15) is 0 Å². The molecule has 0 saturated carbocycles. The quantitative estimate of drug-likeness (QED) is 0.704. The van der Waals surface area contributed by atoms with Gasteiger partial charge in [0.25, 0.3) is 5.91 Å². The van der Waals surface area contributed by atoms with Gasteiger partial charge >= 0.3 is 0 Å². The van der Waals surface area contributed by atoms with Gasteiger partial charge in [0.05, 0.1) is 23.8 Å². The first-order chi connectivity index (χ1) is 13.8. The molecule has 1 N–H and O–H groups in total. The molecule has 5 rings (SSSR count). The lowest BCUT2D eigenvalue weighted by atomic mass is 9.91. The molecule has 3 aromatic rings. The fraction of sp³-hybridized carbons (Fsp3) is 0.333. The number of nitrogens with one attached hydrogen (secondary N) is 1. The Hall–Kier alpha value is -2.06. The minimum absolute atomic E-state index is 0.0656. The van der Waals surface area contributed by atoms with Crippen molar-refractivity contribution < 1.29 is 9.53 Å². The minimum Gasteiger partial charge on any atom is -0.379 e. The third kappa shape index (κ3) is 3.63. The monoisotopic (exact) mass is 411 g/mol. The second kappa shape index (κ2) is 7.75. The molecule has 2 aromatic heterocycles. The first kappa shape index (κ1) is 18.0. The predicted molar refractivity (Wildman–Crippen MR) is 113 cm³/mol. The Kier molecular flexibility index (Phi) is 4.98. The summed E-state index contributed by atoms with van der Waals surface area (Å²) >= 11 is 3.07. The van der Waals surface area contributed by atoms with Crippen molar-refractivity contribution in [1.29, 1.82) is 0 Å². The van der Waals surface area contributed by atoms with E-state index in [2.05, 4.69) is 39.5 Å². The van der Waals surface area contributed by atoms with Gasteiger partial charge in [-0.3, -0.25) is 15.0 Å². The van der Waals surface area contributed by atoms with E-state index < -0.39 is 0 Å². The van der Waals surface area contributed by atoms with E-state index in [1.54, 1.807) is 11.3 Å². The summed E-state index contributed by atoms with van der Waals surface area (Å²) in [5.41, 5.74) is 4.92. The number of benzene rings is 1. The van der Waals surface area contributed by atoms with E-state index in [1.807, 2.05) is 11.4 Å². The van der Waals surface area contributed by atoms with E-state index in [9.17, 15) is 4.79 Å². The van der Waals surface area contributed by atoms with E-state index in [1.165, 1.54) is 32.9 Å². The van der Waals surface area contributed by atoms with Crippen LogP contribution in [0.4, 0.5) is 5.13 Å². The lowest BCUT2D eigenvalue weighted by molar-refractivity contribution is 0.0337. The number of rotatable bonds is 4. The van der Waals surface area contributed by atoms with E-state index >= 15 is 0 Å². The van der Waals surface area contributed by atoms with Crippen LogP contribution in [0.5, 0.6) is 0 Å². The molecule has 1 fully saturated rings. The van der Waals surface area contributed by atoms with Gasteiger partial charge < -0.3 is 4.74 Å². The van der Waals surface area contributed by atoms with Crippen molar-refractivity contribution in [2.75, 3.05) is 31.6 Å². The maximum atomic E-state index is 12.8. The molecule has 28 heavy (non-hydrogen) atoms. The summed E-state index contributed by atoms with van der Waals surface area (Å²) in [6.07, 6.45) is 2.04. The molecule has 144 valence electrons. The molecule has 0 bridgehead atoms. The Balaban J connectivity index is 1.29. The number of aromatic nitrogens is 1. The van der Waals surface area contributed by atoms with Crippen molar-refractivity contribution in [2.45, 2.75) is 19.4 Å². The number of thiophene rings is 1. The van der Waals surface area contributed by atoms with Crippen LogP contribution in [0.25, 0.3) is 10.4 Å². The van der Waals surface area contributed by atoms with Crippen molar-refractivity contribution >= 4 is 33.7 Å². The van der Waals surface area contributed by atoms with Gasteiger partial charge in [-0.05, 0) is 35.6 Å². The van der Waals surface area contributed by atoms with Crippen LogP contribution in [0.2, 0.25) is 0 Å². The van der Waals surface area contributed by atoms with Gasteiger partial charge in [0, 0.05) is 29.9 Å². The third-order valence-electron chi connectivity index (χ3n) is 5.22. The topological polar surface area (TPSA) is 54.5 Å². The number of aryl methyl sites for hydroxylation is 2. The van der Waals surface area contributed by atoms with Crippen LogP contribution in [0.3, 0.4) is 0 Å². The van der Waals surface area contributed by atoms with Crippen molar-refractivity contribution in [1.82, 2.24) is 9.88 Å². The zero-order chi connectivity index (χ0) is 18.9. The van der Waals surface area contributed by atoms with Crippen molar-refractivity contribution in [2.24, 2.45) is 0 Å². The number of hydrogen-bond acceptors (Lipinski definition) is 6. The molecule has 2 aliphatic rings. The number of amides is 1. The summed E-state index contributed by atoms with van der Waals surface area (Å²) in [4.78, 5) is 21.7. The summed E-state index contributed by atoms with van der Waals surface area (Å²) < 4.78 is 5.39. The average Bonchev–Trinajstić information content (AvgIpc) is 3.36. The van der Waals surface area contributed by atoms with Crippen molar-refractivity contribution in [3.63, 3.8) is 0 Å². The van der Waals surface area contributed by atoms with Crippen LogP contribution >= 0.6 is 22.7 Å². The largest absolute Gasteiger partial charge is 0.379 e. The molecule has 1 amide bonds. The Labute approximate surface area is 172 Å². The SMILES string of the molecule is O=C(Nc1nc(CN2CCOCC2)cs1)c1cc2c(s1)-c1ccccc1CC2. The number of thiazole rings is 1. The fourth-order valence-corrected chi connectivity index (χ4v) is 5.63. The van der Waals surface area contributed by atoms with Gasteiger partial charge in [-0.15, -0.1) is 22.7 Å². The predicted octanol–water partition coefficient (Wildman–Crippen LogP) is 4.05. The lowest BCUT2D eigenvalue weighted by Crippen LogP contribution is -2.35. The van der Waals surface area contributed by atoms with Crippen LogP contribution in [0, 0.1) is 0 Å². The van der Waals surface area contributed by atoms with Gasteiger partial charge in [-0.2, -0.15) is 0 Å². The molecule has 1 aliphatic carbocycles. The summed E-state index contributed by atoms with van der Waals surface area (Å²) in [5, 5.41) is 5.68. The molecule has 3 heterocycles. The second-order valence-electron chi connectivity index (χ2n) is 7.11. The summed E-state index contributed by atoms with van der Waals surface area (Å²) in [6, 6.07) is 10.5. The van der Waals surface area contributed by atoms with Gasteiger partial charge in [-0.1, -0.05) is 24.3 Å². The maximum absolute atomic E-state index is 12.8. The fourth-order valence-electron chi connectivity index (χ4n) is 3.77. The van der Waals surface area contributed by atoms with E-state index in [-0.39, 0.29) is 5.91 Å². The molecule has 1 aromatic carbocycles. The average molecular weight is 412 g/mol. The highest BCUT2D eigenvalue weighted by atomic mass is 32.1. The number of morpholine rings is 1. The molecule has 0 radical (unpaired) electrons. The summed E-state index contributed by atoms with van der Waals surface area (Å²) in [7, 11) is 0. The van der Waals surface area contributed by atoms with Crippen molar-refractivity contribution in [3.05, 3.63) is 57.4 Å². The van der Waals surface area contributed by atoms with Gasteiger partial charge in [-0.25, -0.2) is 4.98 Å². The highest BCUT2D eigenvalue weighted by molar-refractivity contribution is 7.18. The minimum atomic E-state index is -0.0656. The molecular weight excluding hydrogens is 390 g/mol. The van der Waals surface area contributed by atoms with Crippen LogP contribution in [0.15, 0.2) is 35.7 Å². The molecule has 0 atom stereocenters. The van der Waals surface area contributed by atoms with Crippen LogP contribution < -0.4 is 5.32 Å². The summed E-state index contributed by atoms with van der Waals surface area (Å²) in [6.45, 7) is 4.22. The number of ether oxygens (including phenoxy) is 1. The van der Waals surface area contributed by atoms with Crippen LogP contribution in [0.1, 0.15) is 26.5 Å². The lowest BCUT2D eigenvalue weighted by Gasteiger charge is -2.25. The molecular formula is C21H21N3O2S2. The Bertz CT molecular complexity index is 1000. The first-order valence-corrected chi connectivity index (χ1v) is 11.2. The van der Waals surface area contributed by atoms with Gasteiger partial charge in [0.2, 0.25) is 0 Å². The third-order valence-corrected chi connectivity index (χ3v) is 7.24. The second-order valence-corrected chi connectivity index (χ2v) is 9.02. The molecule has 7 heteroatoms. The Morgan fingerprint density at radius 1 is 1.18 bits per heavy atom. The normalized spacial score (nSPS) is 16.4. The Morgan fingerprint density at radius 2 is 2.00 bits per heavy atom. The van der Waals surface area contributed by atoms with Crippen LogP contribution in [-0.2, 0) is 24.1 Å². The number of nitrogens with zero attached hydrogens (tertiary/aromatic N) is 2. The maximum Gasteiger partial charge on any atom is 0.267 e. The summed E-state index contributed by atoms with van der Waals surface area (Å²) in [5.74, 6) is -0.0656. The van der Waals surface area contributed by atoms with Crippen molar-refractivity contribution in [3.8, 4) is 10.4 Å². The first-order valence-electron chi connectivity index (χ1n) is 9.53.